The molecule has 1 unspecified atom stereocenters. The summed E-state index contributed by atoms with van der Waals surface area (Å²) in [7, 11) is 0. The van der Waals surface area contributed by atoms with Crippen LogP contribution in [0.2, 0.25) is 0 Å². The maximum Gasteiger partial charge on any atom is 0.330 e. The normalized spacial score (nSPS) is 27.2. The number of hydrogen-bond donors (Lipinski definition) is 3. The molecule has 0 saturated carbocycles. The maximum atomic E-state index is 11.6. The van der Waals surface area contributed by atoms with E-state index in [0.29, 0.717) is 0 Å². The van der Waals surface area contributed by atoms with E-state index in [-0.39, 0.29) is 5.57 Å². The van der Waals surface area contributed by atoms with E-state index >= 15 is 0 Å². The van der Waals surface area contributed by atoms with Crippen LogP contribution in [0.1, 0.15) is 6.23 Å². The number of aromatic nitrogens is 2. The summed E-state index contributed by atoms with van der Waals surface area (Å²) in [5.41, 5.74) is 1.53. The molecular weight excluding hydrogens is 240 g/mol. The van der Waals surface area contributed by atoms with Gasteiger partial charge in [-0.25, -0.2) is 4.79 Å². The van der Waals surface area contributed by atoms with Crippen molar-refractivity contribution in [3.8, 4) is 0 Å². The topological polar surface area (TPSA) is 105 Å². The lowest BCUT2D eigenvalue weighted by Crippen LogP contribution is -2.32. The average molecular weight is 252 g/mol. The molecule has 3 atom stereocenters. The molecule has 96 valence electrons. The third-order valence-electron chi connectivity index (χ3n) is 2.73. The van der Waals surface area contributed by atoms with Crippen LogP contribution in [-0.4, -0.2) is 38.6 Å². The Kier molecular flexibility index (Phi) is 3.31. The standard InChI is InChI=1S/C11H12N2O5/c1-2-6-9(16)7(5-14)18-10(6)13-4-3-8(15)12-11(13)17/h3-4,7,9-10,14,16H,1,5H2,(H,12,15,17)/t7-,9?,10-/m0/s1. The van der Waals surface area contributed by atoms with E-state index in [1.54, 1.807) is 0 Å². The van der Waals surface area contributed by atoms with Crippen molar-refractivity contribution in [2.45, 2.75) is 18.4 Å². The number of aliphatic hydroxyl groups excluding tert-OH is 2. The van der Waals surface area contributed by atoms with Crippen molar-refractivity contribution in [2.75, 3.05) is 6.61 Å². The third-order valence-corrected chi connectivity index (χ3v) is 2.73. The second kappa shape index (κ2) is 4.75. The average Bonchev–Trinajstić information content (AvgIpc) is 2.65. The van der Waals surface area contributed by atoms with Gasteiger partial charge in [0.1, 0.15) is 12.2 Å². The summed E-state index contributed by atoms with van der Waals surface area (Å²) in [5.74, 6) is 0. The molecule has 0 bridgehead atoms. The lowest BCUT2D eigenvalue weighted by atomic mass is 10.1. The van der Waals surface area contributed by atoms with Crippen molar-refractivity contribution < 1.29 is 14.9 Å². The van der Waals surface area contributed by atoms with Gasteiger partial charge in [0.05, 0.1) is 12.2 Å². The van der Waals surface area contributed by atoms with Crippen LogP contribution in [0.15, 0.2) is 39.7 Å². The zero-order valence-electron chi connectivity index (χ0n) is 9.37. The van der Waals surface area contributed by atoms with Crippen molar-refractivity contribution in [3.05, 3.63) is 51.0 Å². The van der Waals surface area contributed by atoms with Gasteiger partial charge < -0.3 is 14.9 Å². The number of nitrogens with one attached hydrogen (secondary N) is 1. The van der Waals surface area contributed by atoms with Crippen LogP contribution in [-0.2, 0) is 4.74 Å². The molecule has 0 aliphatic carbocycles. The number of nitrogens with zero attached hydrogens (tertiary/aromatic N) is 1. The number of aliphatic hydroxyl groups is 2. The number of H-pyrrole nitrogens is 1. The van der Waals surface area contributed by atoms with Crippen molar-refractivity contribution >= 4 is 0 Å². The summed E-state index contributed by atoms with van der Waals surface area (Å²) < 4.78 is 6.43. The van der Waals surface area contributed by atoms with Gasteiger partial charge in [0.25, 0.3) is 5.56 Å². The smallest absolute Gasteiger partial charge is 0.330 e. The maximum absolute atomic E-state index is 11.6. The molecule has 2 heterocycles. The van der Waals surface area contributed by atoms with Crippen LogP contribution in [0.25, 0.3) is 0 Å². The zero-order valence-corrected chi connectivity index (χ0v) is 9.37. The molecule has 1 aromatic rings. The lowest BCUT2D eigenvalue weighted by Gasteiger charge is -2.13. The minimum Gasteiger partial charge on any atom is -0.394 e. The van der Waals surface area contributed by atoms with Gasteiger partial charge in [-0.15, -0.1) is 5.73 Å². The van der Waals surface area contributed by atoms with Gasteiger partial charge >= 0.3 is 5.69 Å². The summed E-state index contributed by atoms with van der Waals surface area (Å²) in [5, 5.41) is 18.9. The quantitative estimate of drug-likeness (QED) is 0.555. The Balaban J connectivity index is 2.48. The van der Waals surface area contributed by atoms with Crippen LogP contribution in [0.3, 0.4) is 0 Å². The number of hydrogen-bond acceptors (Lipinski definition) is 5. The van der Waals surface area contributed by atoms with Gasteiger partial charge in [-0.1, -0.05) is 6.58 Å². The number of rotatable bonds is 2. The highest BCUT2D eigenvalue weighted by Gasteiger charge is 2.39. The van der Waals surface area contributed by atoms with Crippen LogP contribution in [0.4, 0.5) is 0 Å². The number of ether oxygens (including phenoxy) is 1. The zero-order chi connectivity index (χ0) is 13.3. The van der Waals surface area contributed by atoms with E-state index in [0.717, 1.165) is 10.6 Å². The Morgan fingerprint density at radius 2 is 2.28 bits per heavy atom. The van der Waals surface area contributed by atoms with Crippen molar-refractivity contribution in [1.82, 2.24) is 9.55 Å². The molecule has 7 heteroatoms. The molecule has 18 heavy (non-hydrogen) atoms. The van der Waals surface area contributed by atoms with Gasteiger partial charge in [0.15, 0.2) is 6.23 Å². The van der Waals surface area contributed by atoms with Crippen molar-refractivity contribution in [1.29, 1.82) is 0 Å². The summed E-state index contributed by atoms with van der Waals surface area (Å²) in [4.78, 5) is 24.6. The highest BCUT2D eigenvalue weighted by Crippen LogP contribution is 2.32. The Morgan fingerprint density at radius 1 is 1.56 bits per heavy atom. The Hall–Kier alpha value is -1.92. The molecule has 1 aromatic heterocycles. The molecule has 1 saturated heterocycles. The van der Waals surface area contributed by atoms with E-state index in [1.807, 2.05) is 0 Å². The summed E-state index contributed by atoms with van der Waals surface area (Å²) in [6.07, 6.45) is -1.62. The molecule has 1 aliphatic rings. The molecule has 1 aliphatic heterocycles. The third kappa shape index (κ3) is 1.96. The predicted molar refractivity (Wildman–Crippen MR) is 61.0 cm³/mol. The fraction of sp³-hybridized carbons (Fsp3) is 0.364. The van der Waals surface area contributed by atoms with Gasteiger partial charge in [0.2, 0.25) is 0 Å². The highest BCUT2D eigenvalue weighted by atomic mass is 16.5. The first-order valence-electron chi connectivity index (χ1n) is 5.24. The molecular formula is C11H12N2O5. The SMILES string of the molecule is C=C=C1C(O)[C@H](CO)O[C@@H]1n1ccc(=O)[nH]c1=O. The Bertz CT molecular complexity index is 610. The first kappa shape index (κ1) is 12.5. The first-order valence-corrected chi connectivity index (χ1v) is 5.24. The monoisotopic (exact) mass is 252 g/mol. The molecule has 2 rings (SSSR count). The fourth-order valence-electron chi connectivity index (χ4n) is 1.82. The van der Waals surface area contributed by atoms with E-state index in [9.17, 15) is 14.7 Å². The Labute approximate surface area is 101 Å². The summed E-state index contributed by atoms with van der Waals surface area (Å²) in [6, 6.07) is 1.16. The molecule has 0 radical (unpaired) electrons. The Morgan fingerprint density at radius 3 is 2.83 bits per heavy atom. The number of aromatic amines is 1. The molecule has 1 fully saturated rings. The summed E-state index contributed by atoms with van der Waals surface area (Å²) in [6.45, 7) is 3.01. The van der Waals surface area contributed by atoms with E-state index < -0.39 is 36.3 Å². The fourth-order valence-corrected chi connectivity index (χ4v) is 1.82. The largest absolute Gasteiger partial charge is 0.394 e. The molecule has 0 amide bonds. The van der Waals surface area contributed by atoms with Crippen LogP contribution >= 0.6 is 0 Å². The van der Waals surface area contributed by atoms with Crippen molar-refractivity contribution in [2.24, 2.45) is 0 Å². The second-order valence-corrected chi connectivity index (χ2v) is 3.80. The molecule has 3 N–H and O–H groups in total. The van der Waals surface area contributed by atoms with Gasteiger partial charge in [-0.2, -0.15) is 0 Å². The first-order chi connectivity index (χ1) is 8.58. The molecule has 0 aromatic carbocycles. The van der Waals surface area contributed by atoms with Crippen LogP contribution < -0.4 is 11.2 Å². The highest BCUT2D eigenvalue weighted by molar-refractivity contribution is 5.17. The van der Waals surface area contributed by atoms with Crippen molar-refractivity contribution in [3.63, 3.8) is 0 Å². The second-order valence-electron chi connectivity index (χ2n) is 3.80. The van der Waals surface area contributed by atoms with Crippen LogP contribution in [0, 0.1) is 0 Å². The van der Waals surface area contributed by atoms with Gasteiger partial charge in [-0.3, -0.25) is 14.3 Å². The van der Waals surface area contributed by atoms with Crippen LogP contribution in [0.5, 0.6) is 0 Å². The van der Waals surface area contributed by atoms with E-state index in [1.165, 1.54) is 6.20 Å². The molecule has 0 spiro atoms. The summed E-state index contributed by atoms with van der Waals surface area (Å²) >= 11 is 0. The van der Waals surface area contributed by atoms with E-state index in [4.69, 9.17) is 9.84 Å². The van der Waals surface area contributed by atoms with Gasteiger partial charge in [-0.05, 0) is 0 Å². The minimum absolute atomic E-state index is 0.239. The molecule has 7 nitrogen and oxygen atoms in total. The van der Waals surface area contributed by atoms with E-state index in [2.05, 4.69) is 17.3 Å². The van der Waals surface area contributed by atoms with Gasteiger partial charge in [0, 0.05) is 12.3 Å². The predicted octanol–water partition coefficient (Wildman–Crippen LogP) is -1.50. The minimum atomic E-state index is -1.09. The lowest BCUT2D eigenvalue weighted by molar-refractivity contribution is -0.0447.